The number of amides is 1. The van der Waals surface area contributed by atoms with Crippen molar-refractivity contribution in [3.05, 3.63) is 30.3 Å². The van der Waals surface area contributed by atoms with Crippen molar-refractivity contribution in [3.63, 3.8) is 0 Å². The molecule has 0 unspecified atom stereocenters. The van der Waals surface area contributed by atoms with E-state index in [2.05, 4.69) is 5.32 Å². The van der Waals surface area contributed by atoms with Crippen molar-refractivity contribution in [2.45, 2.75) is 44.1 Å². The standard InChI is InChI=1S/C14H19NO4/c1-9(16)15-11-7-8-12(14(18)13(11)17)19-10-5-3-2-4-6-10/h2-6,11-14,17-18H,7-8H2,1H3,(H,15,16)/t11-,12-,13+,14+/m1/s1. The van der Waals surface area contributed by atoms with Crippen LogP contribution in [0.4, 0.5) is 0 Å². The lowest BCUT2D eigenvalue weighted by molar-refractivity contribution is -0.125. The van der Waals surface area contributed by atoms with Crippen molar-refractivity contribution in [1.82, 2.24) is 5.32 Å². The van der Waals surface area contributed by atoms with Gasteiger partial charge in [0.15, 0.2) is 0 Å². The van der Waals surface area contributed by atoms with Gasteiger partial charge in [-0.1, -0.05) is 18.2 Å². The Hall–Kier alpha value is -1.59. The molecule has 1 fully saturated rings. The van der Waals surface area contributed by atoms with Crippen molar-refractivity contribution in [3.8, 4) is 5.75 Å². The second kappa shape index (κ2) is 6.04. The number of aliphatic hydroxyl groups excluding tert-OH is 2. The molecule has 104 valence electrons. The van der Waals surface area contributed by atoms with Crippen LogP contribution in [-0.4, -0.2) is 40.5 Å². The summed E-state index contributed by atoms with van der Waals surface area (Å²) < 4.78 is 5.67. The molecule has 1 aromatic carbocycles. The zero-order chi connectivity index (χ0) is 13.8. The molecule has 3 N–H and O–H groups in total. The van der Waals surface area contributed by atoms with Gasteiger partial charge < -0.3 is 20.3 Å². The van der Waals surface area contributed by atoms with Crippen LogP contribution in [0.25, 0.3) is 0 Å². The Labute approximate surface area is 112 Å². The monoisotopic (exact) mass is 265 g/mol. The summed E-state index contributed by atoms with van der Waals surface area (Å²) >= 11 is 0. The highest BCUT2D eigenvalue weighted by atomic mass is 16.5. The molecule has 5 nitrogen and oxygen atoms in total. The number of rotatable bonds is 3. The van der Waals surface area contributed by atoms with Crippen LogP contribution >= 0.6 is 0 Å². The lowest BCUT2D eigenvalue weighted by atomic mass is 9.87. The van der Waals surface area contributed by atoms with E-state index in [0.717, 1.165) is 0 Å². The van der Waals surface area contributed by atoms with Gasteiger partial charge in [-0.25, -0.2) is 0 Å². The van der Waals surface area contributed by atoms with Gasteiger partial charge in [-0.3, -0.25) is 4.79 Å². The number of ether oxygens (including phenoxy) is 1. The lowest BCUT2D eigenvalue weighted by Crippen LogP contribution is -2.56. The summed E-state index contributed by atoms with van der Waals surface area (Å²) in [5.74, 6) is 0.454. The summed E-state index contributed by atoms with van der Waals surface area (Å²) in [6.07, 6.45) is -1.31. The van der Waals surface area contributed by atoms with Crippen LogP contribution in [-0.2, 0) is 4.79 Å². The predicted octanol–water partition coefficient (Wildman–Crippen LogP) is 0.454. The number of aliphatic hydroxyl groups is 2. The van der Waals surface area contributed by atoms with E-state index < -0.39 is 24.4 Å². The highest BCUT2D eigenvalue weighted by molar-refractivity contribution is 5.73. The van der Waals surface area contributed by atoms with Gasteiger partial charge in [-0.05, 0) is 25.0 Å². The number of para-hydroxylation sites is 1. The minimum atomic E-state index is -1.01. The van der Waals surface area contributed by atoms with E-state index in [1.54, 1.807) is 12.1 Å². The summed E-state index contributed by atoms with van der Waals surface area (Å²) in [6, 6.07) is 8.77. The molecule has 5 heteroatoms. The van der Waals surface area contributed by atoms with E-state index in [0.29, 0.717) is 18.6 Å². The van der Waals surface area contributed by atoms with Gasteiger partial charge in [-0.2, -0.15) is 0 Å². The molecule has 0 radical (unpaired) electrons. The van der Waals surface area contributed by atoms with Crippen LogP contribution in [0, 0.1) is 0 Å². The summed E-state index contributed by atoms with van der Waals surface area (Å²) in [5, 5.41) is 22.7. The summed E-state index contributed by atoms with van der Waals surface area (Å²) in [7, 11) is 0. The van der Waals surface area contributed by atoms with Gasteiger partial charge in [0.1, 0.15) is 24.1 Å². The van der Waals surface area contributed by atoms with Crippen LogP contribution in [0.15, 0.2) is 30.3 Å². The highest BCUT2D eigenvalue weighted by Crippen LogP contribution is 2.24. The van der Waals surface area contributed by atoms with Crippen molar-refractivity contribution >= 4 is 5.91 Å². The van der Waals surface area contributed by atoms with Crippen LogP contribution in [0.1, 0.15) is 19.8 Å². The molecule has 1 aliphatic carbocycles. The van der Waals surface area contributed by atoms with Crippen molar-refractivity contribution in [1.29, 1.82) is 0 Å². The fourth-order valence-electron chi connectivity index (χ4n) is 2.36. The minimum absolute atomic E-state index is 0.210. The van der Waals surface area contributed by atoms with E-state index in [9.17, 15) is 15.0 Å². The fraction of sp³-hybridized carbons (Fsp3) is 0.500. The highest BCUT2D eigenvalue weighted by Gasteiger charge is 2.39. The first kappa shape index (κ1) is 13.8. The zero-order valence-corrected chi connectivity index (χ0v) is 10.8. The minimum Gasteiger partial charge on any atom is -0.488 e. The third-order valence-corrected chi connectivity index (χ3v) is 3.32. The Balaban J connectivity index is 1.97. The van der Waals surface area contributed by atoms with E-state index in [1.165, 1.54) is 6.92 Å². The molecule has 1 aromatic rings. The average Bonchev–Trinajstić information content (AvgIpc) is 2.39. The number of nitrogens with one attached hydrogen (secondary N) is 1. The Morgan fingerprint density at radius 2 is 1.89 bits per heavy atom. The van der Waals surface area contributed by atoms with Gasteiger partial charge in [0.2, 0.25) is 5.91 Å². The normalized spacial score (nSPS) is 30.7. The van der Waals surface area contributed by atoms with E-state index in [1.807, 2.05) is 18.2 Å². The molecule has 2 rings (SSSR count). The first-order valence-electron chi connectivity index (χ1n) is 6.43. The van der Waals surface area contributed by atoms with Crippen molar-refractivity contribution < 1.29 is 19.7 Å². The predicted molar refractivity (Wildman–Crippen MR) is 69.7 cm³/mol. The molecule has 0 saturated heterocycles. The Bertz CT molecular complexity index is 423. The number of benzene rings is 1. The van der Waals surface area contributed by atoms with Crippen molar-refractivity contribution in [2.75, 3.05) is 0 Å². The van der Waals surface area contributed by atoms with E-state index >= 15 is 0 Å². The van der Waals surface area contributed by atoms with Gasteiger partial charge in [0.05, 0.1) is 6.04 Å². The summed E-state index contributed by atoms with van der Waals surface area (Å²) in [6.45, 7) is 1.39. The summed E-state index contributed by atoms with van der Waals surface area (Å²) in [5.41, 5.74) is 0. The molecule has 0 aliphatic heterocycles. The first-order chi connectivity index (χ1) is 9.08. The Kier molecular flexibility index (Phi) is 4.39. The Morgan fingerprint density at radius 1 is 1.21 bits per heavy atom. The second-order valence-electron chi connectivity index (χ2n) is 4.83. The van der Waals surface area contributed by atoms with E-state index in [4.69, 9.17) is 4.74 Å². The van der Waals surface area contributed by atoms with Gasteiger partial charge in [0.25, 0.3) is 0 Å². The maximum Gasteiger partial charge on any atom is 0.217 e. The zero-order valence-electron chi connectivity index (χ0n) is 10.8. The van der Waals surface area contributed by atoms with Crippen LogP contribution in [0.3, 0.4) is 0 Å². The molecule has 1 saturated carbocycles. The van der Waals surface area contributed by atoms with Gasteiger partial charge >= 0.3 is 0 Å². The number of hydrogen-bond acceptors (Lipinski definition) is 4. The molecule has 1 amide bonds. The third-order valence-electron chi connectivity index (χ3n) is 3.32. The van der Waals surface area contributed by atoms with Gasteiger partial charge in [0, 0.05) is 6.92 Å². The molecular formula is C14H19NO4. The van der Waals surface area contributed by atoms with Crippen LogP contribution in [0.2, 0.25) is 0 Å². The molecule has 0 spiro atoms. The molecule has 1 aliphatic rings. The molecular weight excluding hydrogens is 246 g/mol. The molecule has 0 bridgehead atoms. The number of carbonyl (C=O) groups is 1. The fourth-order valence-corrected chi connectivity index (χ4v) is 2.36. The second-order valence-corrected chi connectivity index (χ2v) is 4.83. The maximum atomic E-state index is 11.0. The molecule has 19 heavy (non-hydrogen) atoms. The SMILES string of the molecule is CC(=O)N[C@@H]1CC[C@@H](Oc2ccccc2)[C@H](O)[C@H]1O. The van der Waals surface area contributed by atoms with Crippen LogP contribution in [0.5, 0.6) is 5.75 Å². The molecule has 4 atom stereocenters. The van der Waals surface area contributed by atoms with Crippen molar-refractivity contribution in [2.24, 2.45) is 0 Å². The summed E-state index contributed by atoms with van der Waals surface area (Å²) in [4.78, 5) is 11.0. The maximum absolute atomic E-state index is 11.0. The Morgan fingerprint density at radius 3 is 2.53 bits per heavy atom. The quantitative estimate of drug-likeness (QED) is 0.741. The smallest absolute Gasteiger partial charge is 0.217 e. The first-order valence-corrected chi connectivity index (χ1v) is 6.43. The molecule has 0 heterocycles. The largest absolute Gasteiger partial charge is 0.488 e. The van der Waals surface area contributed by atoms with Crippen LogP contribution < -0.4 is 10.1 Å². The average molecular weight is 265 g/mol. The molecule has 0 aromatic heterocycles. The number of carbonyl (C=O) groups excluding carboxylic acids is 1. The topological polar surface area (TPSA) is 78.8 Å². The lowest BCUT2D eigenvalue weighted by Gasteiger charge is -2.37. The van der Waals surface area contributed by atoms with E-state index in [-0.39, 0.29) is 5.91 Å². The van der Waals surface area contributed by atoms with Gasteiger partial charge in [-0.15, -0.1) is 0 Å². The third kappa shape index (κ3) is 3.45. The number of hydrogen-bond donors (Lipinski definition) is 3.